The van der Waals surface area contributed by atoms with Gasteiger partial charge in [0.1, 0.15) is 5.71 Å². The summed E-state index contributed by atoms with van der Waals surface area (Å²) in [5.41, 5.74) is 1.38. The van der Waals surface area contributed by atoms with Gasteiger partial charge in [0.05, 0.1) is 12.9 Å². The molecule has 1 atom stereocenters. The number of imidazole rings is 1. The van der Waals surface area contributed by atoms with Gasteiger partial charge in [-0.3, -0.25) is 9.59 Å². The lowest BCUT2D eigenvalue weighted by atomic mass is 10.1. The van der Waals surface area contributed by atoms with Gasteiger partial charge in [0.15, 0.2) is 0 Å². The zero-order valence-corrected chi connectivity index (χ0v) is 14.1. The highest BCUT2D eigenvalue weighted by atomic mass is 16.2. The first-order chi connectivity index (χ1) is 12.1. The van der Waals surface area contributed by atoms with Gasteiger partial charge in [-0.2, -0.15) is 5.10 Å². The Labute approximate surface area is 146 Å². The van der Waals surface area contributed by atoms with E-state index >= 15 is 0 Å². The molecule has 0 fully saturated rings. The van der Waals surface area contributed by atoms with E-state index in [0.717, 1.165) is 5.56 Å². The number of rotatable bonds is 6. The molecule has 1 N–H and O–H groups in total. The lowest BCUT2D eigenvalue weighted by Gasteiger charge is -2.24. The van der Waals surface area contributed by atoms with Crippen LogP contribution in [0.3, 0.4) is 0 Å². The Balaban J connectivity index is 1.62. The Morgan fingerprint density at radius 1 is 1.28 bits per heavy atom. The number of carbonyl (C=O) groups excluding carboxylic acids is 2. The van der Waals surface area contributed by atoms with E-state index in [4.69, 9.17) is 0 Å². The van der Waals surface area contributed by atoms with Crippen LogP contribution in [0.4, 0.5) is 0 Å². The average Bonchev–Trinajstić information content (AvgIpc) is 3.10. The molecule has 0 saturated carbocycles. The summed E-state index contributed by atoms with van der Waals surface area (Å²) < 4.78 is 1.90. The van der Waals surface area contributed by atoms with E-state index in [1.807, 2.05) is 48.0 Å². The van der Waals surface area contributed by atoms with Crippen LogP contribution in [0.15, 0.2) is 54.2 Å². The molecule has 1 aliphatic rings. The van der Waals surface area contributed by atoms with Crippen LogP contribution in [-0.4, -0.2) is 38.1 Å². The molecular weight excluding hydrogens is 318 g/mol. The van der Waals surface area contributed by atoms with Crippen LogP contribution in [0, 0.1) is 0 Å². The molecule has 1 aromatic carbocycles. The topological polar surface area (TPSA) is 79.6 Å². The van der Waals surface area contributed by atoms with Crippen LogP contribution in [-0.2, 0) is 22.7 Å². The fourth-order valence-electron chi connectivity index (χ4n) is 2.71. The molecule has 0 saturated heterocycles. The van der Waals surface area contributed by atoms with Gasteiger partial charge in [-0.15, -0.1) is 0 Å². The number of nitrogens with zero attached hydrogens (tertiary/aromatic N) is 4. The molecule has 7 heteroatoms. The van der Waals surface area contributed by atoms with Gasteiger partial charge < -0.3 is 9.88 Å². The highest BCUT2D eigenvalue weighted by Gasteiger charge is 2.25. The predicted octanol–water partition coefficient (Wildman–Crippen LogP) is 1.57. The second-order valence-electron chi connectivity index (χ2n) is 6.12. The molecule has 0 bridgehead atoms. The SMILES string of the molecule is C[C@@H](Cn1ccnc1)NC(=O)C1=NN(Cc2ccccc2)C(=O)CC1. The van der Waals surface area contributed by atoms with Gasteiger partial charge >= 0.3 is 0 Å². The van der Waals surface area contributed by atoms with Crippen LogP contribution in [0.1, 0.15) is 25.3 Å². The van der Waals surface area contributed by atoms with E-state index in [9.17, 15) is 9.59 Å². The lowest BCUT2D eigenvalue weighted by Crippen LogP contribution is -2.43. The summed E-state index contributed by atoms with van der Waals surface area (Å²) in [6.45, 7) is 2.93. The maximum atomic E-state index is 12.4. The first kappa shape index (κ1) is 16.9. The molecule has 130 valence electrons. The number of hydrogen-bond donors (Lipinski definition) is 1. The summed E-state index contributed by atoms with van der Waals surface area (Å²) in [6.07, 6.45) is 5.93. The van der Waals surface area contributed by atoms with Crippen molar-refractivity contribution in [2.75, 3.05) is 0 Å². The van der Waals surface area contributed by atoms with Crippen molar-refractivity contribution in [3.05, 3.63) is 54.6 Å². The molecule has 25 heavy (non-hydrogen) atoms. The van der Waals surface area contributed by atoms with Crippen molar-refractivity contribution in [1.29, 1.82) is 0 Å². The third-order valence-corrected chi connectivity index (χ3v) is 3.96. The van der Waals surface area contributed by atoms with Crippen LogP contribution in [0.5, 0.6) is 0 Å². The minimum atomic E-state index is -0.224. The molecule has 2 heterocycles. The van der Waals surface area contributed by atoms with Crippen LogP contribution < -0.4 is 5.32 Å². The summed E-state index contributed by atoms with van der Waals surface area (Å²) >= 11 is 0. The minimum Gasteiger partial charge on any atom is -0.347 e. The molecule has 2 amide bonds. The summed E-state index contributed by atoms with van der Waals surface area (Å²) in [4.78, 5) is 28.5. The predicted molar refractivity (Wildman–Crippen MR) is 93.5 cm³/mol. The number of carbonyl (C=O) groups is 2. The highest BCUT2D eigenvalue weighted by molar-refractivity contribution is 6.39. The molecule has 2 aromatic rings. The Hall–Kier alpha value is -2.96. The fraction of sp³-hybridized carbons (Fsp3) is 0.333. The number of aromatic nitrogens is 2. The number of amides is 2. The summed E-state index contributed by atoms with van der Waals surface area (Å²) in [5, 5.41) is 8.59. The number of nitrogens with one attached hydrogen (secondary N) is 1. The van der Waals surface area contributed by atoms with E-state index < -0.39 is 0 Å². The molecule has 0 unspecified atom stereocenters. The fourth-order valence-corrected chi connectivity index (χ4v) is 2.71. The maximum Gasteiger partial charge on any atom is 0.267 e. The van der Waals surface area contributed by atoms with Gasteiger partial charge in [0, 0.05) is 37.8 Å². The van der Waals surface area contributed by atoms with E-state index in [1.54, 1.807) is 12.5 Å². The van der Waals surface area contributed by atoms with Crippen molar-refractivity contribution < 1.29 is 9.59 Å². The number of hydrogen-bond acceptors (Lipinski definition) is 4. The third kappa shape index (κ3) is 4.53. The van der Waals surface area contributed by atoms with E-state index in [1.165, 1.54) is 5.01 Å². The molecule has 1 aliphatic heterocycles. The van der Waals surface area contributed by atoms with Gasteiger partial charge in [-0.05, 0) is 12.5 Å². The number of hydrazone groups is 1. The minimum absolute atomic E-state index is 0.0631. The first-order valence-corrected chi connectivity index (χ1v) is 8.30. The smallest absolute Gasteiger partial charge is 0.267 e. The van der Waals surface area contributed by atoms with Crippen LogP contribution in [0.25, 0.3) is 0 Å². The second-order valence-corrected chi connectivity index (χ2v) is 6.12. The Morgan fingerprint density at radius 3 is 2.80 bits per heavy atom. The van der Waals surface area contributed by atoms with Gasteiger partial charge in [-0.1, -0.05) is 30.3 Å². The van der Waals surface area contributed by atoms with Crippen molar-refractivity contribution >= 4 is 17.5 Å². The molecule has 7 nitrogen and oxygen atoms in total. The quantitative estimate of drug-likeness (QED) is 0.867. The van der Waals surface area contributed by atoms with Crippen LogP contribution in [0.2, 0.25) is 0 Å². The zero-order chi connectivity index (χ0) is 17.6. The summed E-state index contributed by atoms with van der Waals surface area (Å²) in [6, 6.07) is 9.56. The first-order valence-electron chi connectivity index (χ1n) is 8.30. The Kier molecular flexibility index (Phi) is 5.23. The van der Waals surface area contributed by atoms with Gasteiger partial charge in [0.2, 0.25) is 5.91 Å². The normalized spacial score (nSPS) is 15.6. The van der Waals surface area contributed by atoms with Gasteiger partial charge in [-0.25, -0.2) is 9.99 Å². The largest absolute Gasteiger partial charge is 0.347 e. The summed E-state index contributed by atoms with van der Waals surface area (Å²) in [7, 11) is 0. The van der Waals surface area contributed by atoms with Crippen LogP contribution >= 0.6 is 0 Å². The van der Waals surface area contributed by atoms with Crippen molar-refractivity contribution in [1.82, 2.24) is 19.9 Å². The molecule has 0 radical (unpaired) electrons. The standard InChI is InChI=1S/C18H21N5O2/c1-14(11-22-10-9-19-13-22)20-18(25)16-7-8-17(24)23(21-16)12-15-5-3-2-4-6-15/h2-6,9-10,13-14H,7-8,11-12H2,1H3,(H,20,25)/t14-/m0/s1. The molecule has 0 aliphatic carbocycles. The second kappa shape index (κ2) is 7.74. The molecule has 0 spiro atoms. The molecule has 3 rings (SSSR count). The zero-order valence-electron chi connectivity index (χ0n) is 14.1. The Bertz CT molecular complexity index is 755. The highest BCUT2D eigenvalue weighted by Crippen LogP contribution is 2.13. The van der Waals surface area contributed by atoms with E-state index in [0.29, 0.717) is 31.6 Å². The van der Waals surface area contributed by atoms with Crippen molar-refractivity contribution in [3.63, 3.8) is 0 Å². The average molecular weight is 339 g/mol. The molecular formula is C18H21N5O2. The monoisotopic (exact) mass is 339 g/mol. The number of benzene rings is 1. The van der Waals surface area contributed by atoms with E-state index in [-0.39, 0.29) is 17.9 Å². The third-order valence-electron chi connectivity index (χ3n) is 3.96. The molecule has 1 aromatic heterocycles. The Morgan fingerprint density at radius 2 is 2.08 bits per heavy atom. The van der Waals surface area contributed by atoms with Crippen molar-refractivity contribution in [2.24, 2.45) is 5.10 Å². The van der Waals surface area contributed by atoms with E-state index in [2.05, 4.69) is 15.4 Å². The lowest BCUT2D eigenvalue weighted by molar-refractivity contribution is -0.132. The maximum absolute atomic E-state index is 12.4. The summed E-state index contributed by atoms with van der Waals surface area (Å²) in [5.74, 6) is -0.287. The van der Waals surface area contributed by atoms with Crippen molar-refractivity contribution in [2.45, 2.75) is 38.9 Å². The van der Waals surface area contributed by atoms with Crippen molar-refractivity contribution in [3.8, 4) is 0 Å². The van der Waals surface area contributed by atoms with Gasteiger partial charge in [0.25, 0.3) is 5.91 Å².